The van der Waals surface area contributed by atoms with Crippen molar-refractivity contribution in [1.82, 2.24) is 25.4 Å². The fraction of sp³-hybridized carbons (Fsp3) is 0.526. The van der Waals surface area contributed by atoms with Gasteiger partial charge < -0.3 is 15.4 Å². The SMILES string of the molecule is CN=C(NC1CCc2nc(COC)nn2C1)NC1CC1c1ccc(Br)cc1.I. The van der Waals surface area contributed by atoms with Gasteiger partial charge in [-0.15, -0.1) is 24.0 Å². The van der Waals surface area contributed by atoms with Gasteiger partial charge in [0.1, 0.15) is 12.4 Å². The molecule has 1 aromatic heterocycles. The first-order valence-electron chi connectivity index (χ1n) is 9.33. The lowest BCUT2D eigenvalue weighted by Crippen LogP contribution is -2.47. The van der Waals surface area contributed by atoms with E-state index >= 15 is 0 Å². The molecule has 0 saturated heterocycles. The highest BCUT2D eigenvalue weighted by molar-refractivity contribution is 14.0. The van der Waals surface area contributed by atoms with Crippen LogP contribution in [0.2, 0.25) is 0 Å². The minimum atomic E-state index is 0. The first-order valence-corrected chi connectivity index (χ1v) is 10.1. The molecule has 9 heteroatoms. The standard InChI is InChI=1S/C19H25BrN6O.HI/c1-21-19(23-16-9-15(16)12-3-5-13(20)6-4-12)22-14-7-8-18-24-17(11-27-2)25-26(18)10-14;/h3-6,14-16H,7-11H2,1-2H3,(H2,21,22,23);1H. The van der Waals surface area contributed by atoms with Crippen LogP contribution in [0, 0.1) is 0 Å². The highest BCUT2D eigenvalue weighted by Crippen LogP contribution is 2.41. The van der Waals surface area contributed by atoms with Crippen molar-refractivity contribution in [2.75, 3.05) is 14.2 Å². The second-order valence-electron chi connectivity index (χ2n) is 7.16. The molecule has 4 rings (SSSR count). The molecule has 1 aliphatic carbocycles. The van der Waals surface area contributed by atoms with Crippen LogP contribution in [0.1, 0.15) is 36.0 Å². The van der Waals surface area contributed by atoms with Gasteiger partial charge in [-0.1, -0.05) is 28.1 Å². The summed E-state index contributed by atoms with van der Waals surface area (Å²) in [6.45, 7) is 1.26. The summed E-state index contributed by atoms with van der Waals surface area (Å²) in [6, 6.07) is 9.33. The highest BCUT2D eigenvalue weighted by Gasteiger charge is 2.39. The molecular formula is C19H26BrIN6O. The van der Waals surface area contributed by atoms with Crippen LogP contribution in [0.25, 0.3) is 0 Å². The average Bonchev–Trinajstić information content (AvgIpc) is 3.31. The Balaban J connectivity index is 0.00000225. The predicted molar refractivity (Wildman–Crippen MR) is 123 cm³/mol. The maximum Gasteiger partial charge on any atom is 0.191 e. The summed E-state index contributed by atoms with van der Waals surface area (Å²) in [7, 11) is 3.49. The molecule has 0 bridgehead atoms. The Hall–Kier alpha value is -1.20. The van der Waals surface area contributed by atoms with Crippen molar-refractivity contribution < 1.29 is 4.74 Å². The van der Waals surface area contributed by atoms with Crippen LogP contribution in [-0.4, -0.2) is 47.0 Å². The van der Waals surface area contributed by atoms with Crippen LogP contribution in [0.4, 0.5) is 0 Å². The third kappa shape index (κ3) is 5.04. The molecule has 1 saturated carbocycles. The van der Waals surface area contributed by atoms with Gasteiger partial charge in [0.25, 0.3) is 0 Å². The summed E-state index contributed by atoms with van der Waals surface area (Å²) in [6.07, 6.45) is 3.07. The maximum atomic E-state index is 5.13. The third-order valence-corrected chi connectivity index (χ3v) is 5.68. The van der Waals surface area contributed by atoms with Gasteiger partial charge in [0, 0.05) is 43.1 Å². The van der Waals surface area contributed by atoms with E-state index in [0.29, 0.717) is 24.6 Å². The Morgan fingerprint density at radius 2 is 2.11 bits per heavy atom. The summed E-state index contributed by atoms with van der Waals surface area (Å²) in [4.78, 5) is 8.95. The van der Waals surface area contributed by atoms with Crippen molar-refractivity contribution in [2.24, 2.45) is 4.99 Å². The summed E-state index contributed by atoms with van der Waals surface area (Å²) in [5.74, 6) is 3.22. The van der Waals surface area contributed by atoms with E-state index in [1.165, 1.54) is 5.56 Å². The lowest BCUT2D eigenvalue weighted by Gasteiger charge is -2.25. The second kappa shape index (κ2) is 9.53. The molecule has 1 aliphatic heterocycles. The van der Waals surface area contributed by atoms with E-state index in [1.54, 1.807) is 7.11 Å². The summed E-state index contributed by atoms with van der Waals surface area (Å²) < 4.78 is 8.24. The number of aryl methyl sites for hydroxylation is 1. The number of hydrogen-bond acceptors (Lipinski definition) is 4. The van der Waals surface area contributed by atoms with Gasteiger partial charge in [-0.05, 0) is 30.5 Å². The molecule has 152 valence electrons. The molecule has 0 radical (unpaired) electrons. The lowest BCUT2D eigenvalue weighted by atomic mass is 10.1. The Labute approximate surface area is 190 Å². The molecule has 0 amide bonds. The Morgan fingerprint density at radius 1 is 1.32 bits per heavy atom. The molecule has 28 heavy (non-hydrogen) atoms. The molecule has 7 nitrogen and oxygen atoms in total. The average molecular weight is 561 g/mol. The topological polar surface area (TPSA) is 76.4 Å². The number of guanidine groups is 1. The number of halogens is 2. The van der Waals surface area contributed by atoms with Crippen molar-refractivity contribution in [1.29, 1.82) is 0 Å². The zero-order valence-corrected chi connectivity index (χ0v) is 20.0. The van der Waals surface area contributed by atoms with Crippen LogP contribution in [-0.2, 0) is 24.3 Å². The van der Waals surface area contributed by atoms with Crippen LogP contribution in [0.5, 0.6) is 0 Å². The number of rotatable bonds is 5. The number of fused-ring (bicyclic) bond motifs is 1. The van der Waals surface area contributed by atoms with E-state index in [0.717, 1.165) is 47.9 Å². The quantitative estimate of drug-likeness (QED) is 0.334. The van der Waals surface area contributed by atoms with Gasteiger partial charge in [-0.3, -0.25) is 4.99 Å². The molecule has 2 aliphatic rings. The Bertz CT molecular complexity index is 824. The Morgan fingerprint density at radius 3 is 2.82 bits per heavy atom. The molecule has 2 aromatic rings. The zero-order chi connectivity index (χ0) is 18.8. The predicted octanol–water partition coefficient (Wildman–Crippen LogP) is 2.84. The van der Waals surface area contributed by atoms with Gasteiger partial charge in [0.15, 0.2) is 11.8 Å². The smallest absolute Gasteiger partial charge is 0.191 e. The monoisotopic (exact) mass is 560 g/mol. The number of aliphatic imine (C=N–C) groups is 1. The minimum absolute atomic E-state index is 0. The molecule has 3 unspecified atom stereocenters. The second-order valence-corrected chi connectivity index (χ2v) is 8.07. The molecule has 2 heterocycles. The summed E-state index contributed by atoms with van der Waals surface area (Å²) in [5.41, 5.74) is 1.38. The molecule has 1 fully saturated rings. The lowest BCUT2D eigenvalue weighted by molar-refractivity contribution is 0.177. The largest absolute Gasteiger partial charge is 0.377 e. The van der Waals surface area contributed by atoms with E-state index in [1.807, 2.05) is 11.7 Å². The molecule has 0 spiro atoms. The first kappa shape index (κ1) is 21.5. The number of hydrogen-bond donors (Lipinski definition) is 2. The number of aromatic nitrogens is 3. The van der Waals surface area contributed by atoms with E-state index in [-0.39, 0.29) is 24.0 Å². The van der Waals surface area contributed by atoms with E-state index in [2.05, 4.69) is 65.9 Å². The Kier molecular flexibility index (Phi) is 7.32. The number of ether oxygens (including phenoxy) is 1. The molecule has 3 atom stereocenters. The van der Waals surface area contributed by atoms with Gasteiger partial charge in [-0.2, -0.15) is 5.10 Å². The van der Waals surface area contributed by atoms with Crippen LogP contribution in [0.3, 0.4) is 0 Å². The number of nitrogens with one attached hydrogen (secondary N) is 2. The van der Waals surface area contributed by atoms with Crippen molar-refractivity contribution in [3.8, 4) is 0 Å². The van der Waals surface area contributed by atoms with Crippen LogP contribution < -0.4 is 10.6 Å². The van der Waals surface area contributed by atoms with Gasteiger partial charge in [0.2, 0.25) is 0 Å². The first-order chi connectivity index (χ1) is 13.2. The summed E-state index contributed by atoms with van der Waals surface area (Å²) in [5, 5.41) is 11.6. The minimum Gasteiger partial charge on any atom is -0.377 e. The van der Waals surface area contributed by atoms with Gasteiger partial charge in [-0.25, -0.2) is 9.67 Å². The summed E-state index contributed by atoms with van der Waals surface area (Å²) >= 11 is 3.50. The maximum absolute atomic E-state index is 5.13. The van der Waals surface area contributed by atoms with Crippen molar-refractivity contribution in [3.05, 3.63) is 46.0 Å². The fourth-order valence-electron chi connectivity index (χ4n) is 3.64. The number of benzene rings is 1. The van der Waals surface area contributed by atoms with E-state index < -0.39 is 0 Å². The van der Waals surface area contributed by atoms with Crippen LogP contribution in [0.15, 0.2) is 33.7 Å². The van der Waals surface area contributed by atoms with Crippen molar-refractivity contribution in [3.63, 3.8) is 0 Å². The van der Waals surface area contributed by atoms with E-state index in [4.69, 9.17) is 4.74 Å². The van der Waals surface area contributed by atoms with Crippen molar-refractivity contribution in [2.45, 2.75) is 50.4 Å². The van der Waals surface area contributed by atoms with Crippen LogP contribution >= 0.6 is 39.9 Å². The van der Waals surface area contributed by atoms with E-state index in [9.17, 15) is 0 Å². The van der Waals surface area contributed by atoms with Gasteiger partial charge in [0.05, 0.1) is 6.54 Å². The fourth-order valence-corrected chi connectivity index (χ4v) is 3.91. The zero-order valence-electron chi connectivity index (χ0n) is 16.1. The number of methoxy groups -OCH3 is 1. The molecular weight excluding hydrogens is 535 g/mol. The third-order valence-electron chi connectivity index (χ3n) is 5.15. The normalized spacial score (nSPS) is 23.5. The molecule has 1 aromatic carbocycles. The van der Waals surface area contributed by atoms with Crippen molar-refractivity contribution >= 4 is 45.9 Å². The number of nitrogens with zero attached hydrogens (tertiary/aromatic N) is 4. The van der Waals surface area contributed by atoms with Gasteiger partial charge >= 0.3 is 0 Å². The highest BCUT2D eigenvalue weighted by atomic mass is 127. The molecule has 2 N–H and O–H groups in total.